The van der Waals surface area contributed by atoms with Crippen molar-refractivity contribution in [3.05, 3.63) is 0 Å². The molecule has 0 aliphatic carbocycles. The van der Waals surface area contributed by atoms with Crippen LogP contribution in [-0.4, -0.2) is 54.1 Å². The molecule has 0 aromatic carbocycles. The Bertz CT molecular complexity index is 300. The van der Waals surface area contributed by atoms with Crippen LogP contribution in [0, 0.1) is 0 Å². The molecule has 0 saturated carbocycles. The molecule has 5 nitrogen and oxygen atoms in total. The number of alkyl halides is 1. The summed E-state index contributed by atoms with van der Waals surface area (Å²) in [5, 5.41) is 0. The van der Waals surface area contributed by atoms with Gasteiger partial charge in [0.15, 0.2) is 5.78 Å². The lowest BCUT2D eigenvalue weighted by Crippen LogP contribution is -2.54. The molecule has 0 bridgehead atoms. The van der Waals surface area contributed by atoms with Gasteiger partial charge in [0.1, 0.15) is 11.6 Å². The second-order valence-electron chi connectivity index (χ2n) is 4.86. The molecule has 0 radical (unpaired) electrons. The van der Waals surface area contributed by atoms with Crippen LogP contribution in [0.1, 0.15) is 20.8 Å². The number of amides is 1. The van der Waals surface area contributed by atoms with Crippen molar-refractivity contribution in [1.82, 2.24) is 4.90 Å². The van der Waals surface area contributed by atoms with E-state index in [4.69, 9.17) is 21.1 Å². The van der Waals surface area contributed by atoms with Crippen LogP contribution >= 0.6 is 11.6 Å². The second-order valence-corrected chi connectivity index (χ2v) is 5.13. The van der Waals surface area contributed by atoms with E-state index >= 15 is 0 Å². The smallest absolute Gasteiger partial charge is 0.411 e. The highest BCUT2D eigenvalue weighted by Gasteiger charge is 2.34. The fourth-order valence-electron chi connectivity index (χ4n) is 1.50. The monoisotopic (exact) mass is 263 g/mol. The van der Waals surface area contributed by atoms with E-state index in [9.17, 15) is 9.59 Å². The molecule has 1 fully saturated rings. The Hall–Kier alpha value is -0.810. The van der Waals surface area contributed by atoms with Gasteiger partial charge in [-0.15, -0.1) is 11.6 Å². The number of halogens is 1. The molecule has 0 N–H and O–H groups in total. The largest absolute Gasteiger partial charge is 0.444 e. The molecule has 1 aliphatic rings. The van der Waals surface area contributed by atoms with E-state index in [1.165, 1.54) is 4.90 Å². The number of ketones is 1. The summed E-state index contributed by atoms with van der Waals surface area (Å²) in [6, 6.07) is -0.629. The van der Waals surface area contributed by atoms with Crippen molar-refractivity contribution in [1.29, 1.82) is 0 Å². The van der Waals surface area contributed by atoms with E-state index < -0.39 is 17.7 Å². The van der Waals surface area contributed by atoms with E-state index in [-0.39, 0.29) is 18.3 Å². The van der Waals surface area contributed by atoms with Gasteiger partial charge < -0.3 is 9.47 Å². The number of carbonyl (C=O) groups excluding carboxylic acids is 2. The third-order valence-corrected chi connectivity index (χ3v) is 2.52. The van der Waals surface area contributed by atoms with E-state index in [2.05, 4.69) is 0 Å². The highest BCUT2D eigenvalue weighted by atomic mass is 35.5. The van der Waals surface area contributed by atoms with Crippen molar-refractivity contribution in [3.8, 4) is 0 Å². The van der Waals surface area contributed by atoms with Gasteiger partial charge in [0.05, 0.1) is 19.1 Å². The van der Waals surface area contributed by atoms with E-state index in [0.717, 1.165) is 0 Å². The van der Waals surface area contributed by atoms with Gasteiger partial charge in [-0.3, -0.25) is 9.69 Å². The Balaban J connectivity index is 2.71. The van der Waals surface area contributed by atoms with Crippen LogP contribution in [0.5, 0.6) is 0 Å². The van der Waals surface area contributed by atoms with Gasteiger partial charge in [-0.1, -0.05) is 0 Å². The Morgan fingerprint density at radius 3 is 2.65 bits per heavy atom. The highest BCUT2D eigenvalue weighted by Crippen LogP contribution is 2.15. The normalized spacial score (nSPS) is 21.2. The zero-order chi connectivity index (χ0) is 13.1. The van der Waals surface area contributed by atoms with Gasteiger partial charge >= 0.3 is 6.09 Å². The Kier molecular flexibility index (Phi) is 4.77. The van der Waals surface area contributed by atoms with Gasteiger partial charge in [0.25, 0.3) is 0 Å². The predicted octanol–water partition coefficient (Wildman–Crippen LogP) is 1.43. The highest BCUT2D eigenvalue weighted by molar-refractivity contribution is 6.28. The average Bonchev–Trinajstić information content (AvgIpc) is 2.25. The van der Waals surface area contributed by atoms with Crippen molar-refractivity contribution < 1.29 is 19.1 Å². The molecule has 6 heteroatoms. The van der Waals surface area contributed by atoms with Crippen LogP contribution in [0.15, 0.2) is 0 Å². The lowest BCUT2D eigenvalue weighted by Gasteiger charge is -2.35. The quantitative estimate of drug-likeness (QED) is 0.708. The summed E-state index contributed by atoms with van der Waals surface area (Å²) in [5.74, 6) is -0.356. The summed E-state index contributed by atoms with van der Waals surface area (Å²) in [5.41, 5.74) is -0.579. The topological polar surface area (TPSA) is 55.8 Å². The minimum Gasteiger partial charge on any atom is -0.444 e. The minimum atomic E-state index is -0.629. The molecule has 0 aromatic rings. The average molecular weight is 264 g/mol. The van der Waals surface area contributed by atoms with Crippen molar-refractivity contribution in [3.63, 3.8) is 0 Å². The molecular formula is C11H18ClNO4. The van der Waals surface area contributed by atoms with Crippen LogP contribution < -0.4 is 0 Å². The number of ether oxygens (including phenoxy) is 2. The third kappa shape index (κ3) is 4.16. The molecule has 17 heavy (non-hydrogen) atoms. The third-order valence-electron chi connectivity index (χ3n) is 2.26. The van der Waals surface area contributed by atoms with Crippen molar-refractivity contribution in [2.45, 2.75) is 32.4 Å². The number of carbonyl (C=O) groups is 2. The van der Waals surface area contributed by atoms with Crippen molar-refractivity contribution in [2.24, 2.45) is 0 Å². The van der Waals surface area contributed by atoms with Crippen molar-refractivity contribution in [2.75, 3.05) is 25.6 Å². The molecule has 98 valence electrons. The number of morpholine rings is 1. The van der Waals surface area contributed by atoms with Gasteiger partial charge in [-0.25, -0.2) is 4.79 Å². The van der Waals surface area contributed by atoms with Gasteiger partial charge in [-0.05, 0) is 20.8 Å². The summed E-state index contributed by atoms with van der Waals surface area (Å²) >= 11 is 5.50. The summed E-state index contributed by atoms with van der Waals surface area (Å²) in [4.78, 5) is 24.9. The maximum absolute atomic E-state index is 11.9. The zero-order valence-corrected chi connectivity index (χ0v) is 11.1. The Labute approximate surface area is 106 Å². The predicted molar refractivity (Wildman–Crippen MR) is 63.3 cm³/mol. The standard InChI is InChI=1S/C11H18ClNO4/c1-11(2,3)17-10(15)13-4-5-16-7-8(13)9(14)6-12/h8H,4-7H2,1-3H3. The van der Waals surface area contributed by atoms with Gasteiger partial charge in [-0.2, -0.15) is 0 Å². The zero-order valence-electron chi connectivity index (χ0n) is 10.4. The first kappa shape index (κ1) is 14.3. The van der Waals surface area contributed by atoms with Crippen LogP contribution in [0.25, 0.3) is 0 Å². The van der Waals surface area contributed by atoms with E-state index in [1.807, 2.05) is 0 Å². The maximum Gasteiger partial charge on any atom is 0.411 e. The maximum atomic E-state index is 11.9. The first-order valence-electron chi connectivity index (χ1n) is 5.51. The first-order valence-corrected chi connectivity index (χ1v) is 6.04. The fraction of sp³-hybridized carbons (Fsp3) is 0.818. The first-order chi connectivity index (χ1) is 7.85. The Morgan fingerprint density at radius 2 is 2.12 bits per heavy atom. The molecular weight excluding hydrogens is 246 g/mol. The number of nitrogens with zero attached hydrogens (tertiary/aromatic N) is 1. The summed E-state index contributed by atoms with van der Waals surface area (Å²) < 4.78 is 10.4. The number of rotatable bonds is 2. The van der Waals surface area contributed by atoms with E-state index in [0.29, 0.717) is 13.2 Å². The fourth-order valence-corrected chi connectivity index (χ4v) is 1.68. The van der Waals surface area contributed by atoms with Crippen LogP contribution in [0.4, 0.5) is 4.79 Å². The molecule has 0 aromatic heterocycles. The lowest BCUT2D eigenvalue weighted by molar-refractivity contribution is -0.127. The van der Waals surface area contributed by atoms with Crippen LogP contribution in [0.2, 0.25) is 0 Å². The second kappa shape index (κ2) is 5.69. The molecule has 1 amide bonds. The molecule has 1 heterocycles. The Morgan fingerprint density at radius 1 is 1.47 bits per heavy atom. The van der Waals surface area contributed by atoms with Gasteiger partial charge in [0.2, 0.25) is 0 Å². The van der Waals surface area contributed by atoms with Crippen molar-refractivity contribution >= 4 is 23.5 Å². The molecule has 1 atom stereocenters. The molecule has 1 unspecified atom stereocenters. The lowest BCUT2D eigenvalue weighted by atomic mass is 10.1. The van der Waals surface area contributed by atoms with Gasteiger partial charge in [0, 0.05) is 6.54 Å². The minimum absolute atomic E-state index is 0.132. The summed E-state index contributed by atoms with van der Waals surface area (Å²) in [6.45, 7) is 6.29. The molecule has 1 aliphatic heterocycles. The number of hydrogen-bond acceptors (Lipinski definition) is 4. The molecule has 1 saturated heterocycles. The number of Topliss-reactive ketones (excluding diaryl/α,β-unsaturated/α-hetero) is 1. The van der Waals surface area contributed by atoms with Crippen LogP contribution in [0.3, 0.4) is 0 Å². The summed E-state index contributed by atoms with van der Waals surface area (Å²) in [6.07, 6.45) is -0.496. The molecule has 0 spiro atoms. The summed E-state index contributed by atoms with van der Waals surface area (Å²) in [7, 11) is 0. The van der Waals surface area contributed by atoms with E-state index in [1.54, 1.807) is 20.8 Å². The number of hydrogen-bond donors (Lipinski definition) is 0. The SMILES string of the molecule is CC(C)(C)OC(=O)N1CCOCC1C(=O)CCl. The van der Waals surface area contributed by atoms with Crippen LogP contribution in [-0.2, 0) is 14.3 Å². The molecule has 1 rings (SSSR count).